The van der Waals surface area contributed by atoms with E-state index >= 15 is 8.78 Å². The van der Waals surface area contributed by atoms with Gasteiger partial charge < -0.3 is 25.2 Å². The van der Waals surface area contributed by atoms with Gasteiger partial charge in [-0.1, -0.05) is 48.4 Å². The van der Waals surface area contributed by atoms with Gasteiger partial charge in [0, 0.05) is 36.2 Å². The average molecular weight is 543 g/mol. The molecule has 2 atom stereocenters. The molecule has 3 N–H and O–H groups in total. The van der Waals surface area contributed by atoms with Gasteiger partial charge >= 0.3 is 0 Å². The summed E-state index contributed by atoms with van der Waals surface area (Å²) in [6, 6.07) is 13.6. The van der Waals surface area contributed by atoms with Crippen LogP contribution >= 0.6 is 11.6 Å². The second-order valence-corrected chi connectivity index (χ2v) is 9.89. The molecule has 1 fully saturated rings. The van der Waals surface area contributed by atoms with Gasteiger partial charge in [-0.3, -0.25) is 4.79 Å². The fourth-order valence-corrected chi connectivity index (χ4v) is 5.84. The smallest absolute Gasteiger partial charge is 0.251 e. The number of fused-ring (bicyclic) bond motifs is 1. The molecule has 0 spiro atoms. The van der Waals surface area contributed by atoms with Crippen LogP contribution in [0.1, 0.15) is 40.7 Å². The van der Waals surface area contributed by atoms with Gasteiger partial charge in [0.25, 0.3) is 5.91 Å². The van der Waals surface area contributed by atoms with Gasteiger partial charge in [-0.15, -0.1) is 0 Å². The van der Waals surface area contributed by atoms with E-state index in [1.54, 1.807) is 0 Å². The van der Waals surface area contributed by atoms with Crippen LogP contribution in [-0.4, -0.2) is 43.9 Å². The molecular weight excluding hydrogens is 514 g/mol. The van der Waals surface area contributed by atoms with Gasteiger partial charge in [0.15, 0.2) is 17.2 Å². The van der Waals surface area contributed by atoms with Gasteiger partial charge in [0.2, 0.25) is 0 Å². The van der Waals surface area contributed by atoms with Gasteiger partial charge in [-0.2, -0.15) is 0 Å². The highest BCUT2D eigenvalue weighted by atomic mass is 35.5. The molecule has 0 aromatic heterocycles. The minimum Gasteiger partial charge on any atom is -0.488 e. The van der Waals surface area contributed by atoms with Crippen molar-refractivity contribution in [3.63, 3.8) is 0 Å². The number of carbonyl (C=O) groups excluding carboxylic acids is 1. The Labute approximate surface area is 224 Å². The first-order chi connectivity index (χ1) is 18.4. The van der Waals surface area contributed by atoms with Crippen molar-refractivity contribution in [3.05, 3.63) is 81.9 Å². The van der Waals surface area contributed by atoms with E-state index in [0.717, 1.165) is 31.4 Å². The molecule has 2 aliphatic heterocycles. The third-order valence-corrected chi connectivity index (χ3v) is 7.70. The van der Waals surface area contributed by atoms with Crippen LogP contribution in [0.3, 0.4) is 0 Å². The molecule has 2 aliphatic rings. The molecule has 3 aromatic carbocycles. The molecule has 5 rings (SSSR count). The van der Waals surface area contributed by atoms with Crippen LogP contribution in [0.5, 0.6) is 11.5 Å². The fraction of sp³-hybridized carbons (Fsp3) is 0.345. The number of piperidine rings is 1. The highest BCUT2D eigenvalue weighted by molar-refractivity contribution is 6.34. The topological polar surface area (TPSA) is 79.8 Å². The molecule has 38 heavy (non-hydrogen) atoms. The van der Waals surface area contributed by atoms with Crippen LogP contribution in [0, 0.1) is 11.6 Å². The van der Waals surface area contributed by atoms with Crippen LogP contribution in [0.25, 0.3) is 11.1 Å². The normalized spacial score (nSPS) is 20.5. The second-order valence-electron chi connectivity index (χ2n) is 9.51. The molecular formula is C29H29ClF2N2O4. The van der Waals surface area contributed by atoms with Crippen LogP contribution in [0.2, 0.25) is 5.02 Å². The van der Waals surface area contributed by atoms with E-state index in [2.05, 4.69) is 10.6 Å². The van der Waals surface area contributed by atoms with Gasteiger partial charge in [0.05, 0.1) is 23.2 Å². The summed E-state index contributed by atoms with van der Waals surface area (Å²) in [5, 5.41) is 15.0. The summed E-state index contributed by atoms with van der Waals surface area (Å²) in [6.45, 7) is 0.336. The molecule has 0 saturated carbocycles. The van der Waals surface area contributed by atoms with E-state index in [1.807, 2.05) is 30.3 Å². The minimum atomic E-state index is -0.884. The molecule has 200 valence electrons. The zero-order valence-electron chi connectivity index (χ0n) is 21.0. The number of hydrogen-bond acceptors (Lipinski definition) is 5. The number of aliphatic hydroxyl groups is 1. The summed E-state index contributed by atoms with van der Waals surface area (Å²) in [6.07, 6.45) is 3.18. The van der Waals surface area contributed by atoms with E-state index in [4.69, 9.17) is 21.1 Å². The van der Waals surface area contributed by atoms with Crippen molar-refractivity contribution < 1.29 is 28.2 Å². The second kappa shape index (κ2) is 10.9. The lowest BCUT2D eigenvalue weighted by Crippen LogP contribution is -2.53. The lowest BCUT2D eigenvalue weighted by molar-refractivity contribution is 0.0352. The maximum Gasteiger partial charge on any atom is 0.251 e. The summed E-state index contributed by atoms with van der Waals surface area (Å²) in [4.78, 5) is 12.8. The predicted octanol–water partition coefficient (Wildman–Crippen LogP) is 4.99. The largest absolute Gasteiger partial charge is 0.488 e. The quantitative estimate of drug-likeness (QED) is 0.392. The van der Waals surface area contributed by atoms with Crippen molar-refractivity contribution in [2.24, 2.45) is 0 Å². The molecule has 0 aliphatic carbocycles. The van der Waals surface area contributed by atoms with E-state index in [1.165, 1.54) is 25.2 Å². The number of nitrogens with one attached hydrogen (secondary N) is 2. The Balaban J connectivity index is 1.74. The first kappa shape index (κ1) is 26.4. The standard InChI is InChI=1S/C29H29ClF2N2O4/c1-33-28(36)18-10-11-21(37-14-13-35)27(32)25(18)24-19-16-29(17-7-3-2-4-8-17,23-9-5-6-12-34-23)38-22(19)15-20(31)26(24)30/h2-4,7-8,10-11,15,23,34-35H,5-6,9,12-14,16H2,1H3,(H,33,36)/t23-,29-/m0/s1. The molecule has 1 amide bonds. The van der Waals surface area contributed by atoms with Crippen molar-refractivity contribution >= 4 is 17.5 Å². The van der Waals surface area contributed by atoms with Crippen molar-refractivity contribution in [2.75, 3.05) is 26.8 Å². The van der Waals surface area contributed by atoms with Crippen molar-refractivity contribution in [3.8, 4) is 22.6 Å². The molecule has 1 saturated heterocycles. The predicted molar refractivity (Wildman–Crippen MR) is 141 cm³/mol. The van der Waals surface area contributed by atoms with Crippen molar-refractivity contribution in [1.29, 1.82) is 0 Å². The van der Waals surface area contributed by atoms with Gasteiger partial charge in [-0.05, 0) is 37.1 Å². The summed E-state index contributed by atoms with van der Waals surface area (Å²) in [7, 11) is 1.43. The van der Waals surface area contributed by atoms with Gasteiger partial charge in [-0.25, -0.2) is 8.78 Å². The Morgan fingerprint density at radius 1 is 1.21 bits per heavy atom. The number of amides is 1. The number of hydrogen-bond donors (Lipinski definition) is 3. The highest BCUT2D eigenvalue weighted by Gasteiger charge is 2.49. The number of ether oxygens (including phenoxy) is 2. The maximum absolute atomic E-state index is 16.1. The molecule has 0 unspecified atom stereocenters. The van der Waals surface area contributed by atoms with E-state index in [9.17, 15) is 9.90 Å². The summed E-state index contributed by atoms with van der Waals surface area (Å²) in [5.41, 5.74) is 0.389. The summed E-state index contributed by atoms with van der Waals surface area (Å²) in [5.74, 6) is -2.16. The summed E-state index contributed by atoms with van der Waals surface area (Å²) >= 11 is 6.56. The third-order valence-electron chi connectivity index (χ3n) is 7.33. The third kappa shape index (κ3) is 4.51. The average Bonchev–Trinajstić information content (AvgIpc) is 3.34. The lowest BCUT2D eigenvalue weighted by atomic mass is 9.78. The summed E-state index contributed by atoms with van der Waals surface area (Å²) < 4.78 is 43.4. The number of halogens is 3. The van der Waals surface area contributed by atoms with Crippen LogP contribution in [-0.2, 0) is 12.0 Å². The van der Waals surface area contributed by atoms with Crippen molar-refractivity contribution in [2.45, 2.75) is 37.3 Å². The number of benzene rings is 3. The Kier molecular flexibility index (Phi) is 7.56. The Morgan fingerprint density at radius 3 is 2.68 bits per heavy atom. The minimum absolute atomic E-state index is 0.0240. The SMILES string of the molecule is CNC(=O)c1ccc(OCCO)c(F)c1-c1c(Cl)c(F)cc2c1C[C@](c1ccccc1)([C@@H]1CCCCN1)O2. The monoisotopic (exact) mass is 542 g/mol. The van der Waals surface area contributed by atoms with E-state index < -0.39 is 23.1 Å². The fourth-order valence-electron chi connectivity index (χ4n) is 5.58. The molecule has 0 radical (unpaired) electrons. The van der Waals surface area contributed by atoms with Crippen LogP contribution in [0.15, 0.2) is 48.5 Å². The van der Waals surface area contributed by atoms with Crippen molar-refractivity contribution in [1.82, 2.24) is 10.6 Å². The number of rotatable bonds is 7. The molecule has 0 bridgehead atoms. The Bertz CT molecular complexity index is 1350. The zero-order chi connectivity index (χ0) is 26.9. The molecule has 6 nitrogen and oxygen atoms in total. The number of aliphatic hydroxyl groups excluding tert-OH is 1. The van der Waals surface area contributed by atoms with E-state index in [0.29, 0.717) is 5.56 Å². The Morgan fingerprint density at radius 2 is 2.00 bits per heavy atom. The van der Waals surface area contributed by atoms with E-state index in [-0.39, 0.29) is 58.9 Å². The van der Waals surface area contributed by atoms with Gasteiger partial charge in [0.1, 0.15) is 18.2 Å². The maximum atomic E-state index is 16.1. The highest BCUT2D eigenvalue weighted by Crippen LogP contribution is 2.52. The van der Waals surface area contributed by atoms with Crippen LogP contribution < -0.4 is 20.1 Å². The Hall–Kier alpha value is -3.20. The molecule has 9 heteroatoms. The molecule has 2 heterocycles. The zero-order valence-corrected chi connectivity index (χ0v) is 21.7. The first-order valence-electron chi connectivity index (χ1n) is 12.7. The lowest BCUT2D eigenvalue weighted by Gasteiger charge is -2.40. The van der Waals surface area contributed by atoms with Crippen LogP contribution in [0.4, 0.5) is 8.78 Å². The molecule has 3 aromatic rings. The number of carbonyl (C=O) groups is 1. The first-order valence-corrected chi connectivity index (χ1v) is 13.1.